The molecule has 0 spiro atoms. The van der Waals surface area contributed by atoms with E-state index in [4.69, 9.17) is 0 Å². The Balaban J connectivity index is 3.97. The zero-order valence-corrected chi connectivity index (χ0v) is 6.99. The predicted octanol–water partition coefficient (Wildman–Crippen LogP) is 1.20. The van der Waals surface area contributed by atoms with E-state index in [9.17, 15) is 15.2 Å². The van der Waals surface area contributed by atoms with E-state index in [2.05, 4.69) is 0 Å². The van der Waals surface area contributed by atoms with Gasteiger partial charge in [0.1, 0.15) is 6.10 Å². The van der Waals surface area contributed by atoms with Crippen LogP contribution in [-0.4, -0.2) is 22.2 Å². The molecule has 0 saturated carbocycles. The summed E-state index contributed by atoms with van der Waals surface area (Å²) in [5.41, 5.74) is 0. The Kier molecular flexibility index (Phi) is 4.77. The first kappa shape index (κ1) is 10.4. The first-order valence-electron chi connectivity index (χ1n) is 3.95. The Morgan fingerprint density at radius 3 is 2.36 bits per heavy atom. The molecule has 0 aliphatic rings. The lowest BCUT2D eigenvalue weighted by Crippen LogP contribution is -2.32. The monoisotopic (exact) mass is 161 g/mol. The normalized spacial score (nSPS) is 15.9. The number of rotatable bonds is 5. The number of hydrogen-bond acceptors (Lipinski definition) is 3. The molecule has 11 heavy (non-hydrogen) atoms. The maximum absolute atomic E-state index is 10.3. The Hall–Kier alpha value is -0.640. The van der Waals surface area contributed by atoms with Gasteiger partial charge in [-0.1, -0.05) is 13.8 Å². The number of aliphatic hydroxyl groups excluding tert-OH is 1. The molecule has 0 bridgehead atoms. The van der Waals surface area contributed by atoms with Crippen molar-refractivity contribution in [2.24, 2.45) is 0 Å². The van der Waals surface area contributed by atoms with Crippen LogP contribution in [0.3, 0.4) is 0 Å². The van der Waals surface area contributed by atoms with Crippen molar-refractivity contribution in [3.05, 3.63) is 10.1 Å². The fraction of sp³-hybridized carbons (Fsp3) is 1.00. The van der Waals surface area contributed by atoms with Crippen LogP contribution in [0.15, 0.2) is 0 Å². The largest absolute Gasteiger partial charge is 0.386 e. The molecule has 4 heteroatoms. The summed E-state index contributed by atoms with van der Waals surface area (Å²) < 4.78 is 0. The van der Waals surface area contributed by atoms with Crippen LogP contribution in [-0.2, 0) is 0 Å². The Bertz CT molecular complexity index is 127. The van der Waals surface area contributed by atoms with Crippen LogP contribution in [0.1, 0.15) is 33.1 Å². The molecule has 0 aromatic carbocycles. The van der Waals surface area contributed by atoms with Crippen molar-refractivity contribution in [3.8, 4) is 0 Å². The molecular weight excluding hydrogens is 146 g/mol. The van der Waals surface area contributed by atoms with Crippen LogP contribution in [0.2, 0.25) is 0 Å². The van der Waals surface area contributed by atoms with Gasteiger partial charge in [0.05, 0.1) is 0 Å². The van der Waals surface area contributed by atoms with Crippen molar-refractivity contribution >= 4 is 0 Å². The summed E-state index contributed by atoms with van der Waals surface area (Å²) in [6.07, 6.45) is 0.862. The van der Waals surface area contributed by atoms with Gasteiger partial charge in [0.25, 0.3) is 0 Å². The van der Waals surface area contributed by atoms with Gasteiger partial charge in [0.2, 0.25) is 6.04 Å². The van der Waals surface area contributed by atoms with Gasteiger partial charge in [-0.3, -0.25) is 10.1 Å². The van der Waals surface area contributed by atoms with Crippen LogP contribution >= 0.6 is 0 Å². The fourth-order valence-corrected chi connectivity index (χ4v) is 1.01. The summed E-state index contributed by atoms with van der Waals surface area (Å²) in [5, 5.41) is 19.5. The average Bonchev–Trinajstić information content (AvgIpc) is 1.98. The SMILES string of the molecule is CCC[C@@H]([C@H](O)CC)[N+](=O)[O-]. The number of hydrogen-bond donors (Lipinski definition) is 1. The fourth-order valence-electron chi connectivity index (χ4n) is 1.01. The van der Waals surface area contributed by atoms with Gasteiger partial charge in [-0.2, -0.15) is 0 Å². The summed E-state index contributed by atoms with van der Waals surface area (Å²) in [4.78, 5) is 9.94. The summed E-state index contributed by atoms with van der Waals surface area (Å²) in [7, 11) is 0. The quantitative estimate of drug-likeness (QED) is 0.486. The molecule has 1 N–H and O–H groups in total. The van der Waals surface area contributed by atoms with Crippen molar-refractivity contribution in [3.63, 3.8) is 0 Å². The highest BCUT2D eigenvalue weighted by atomic mass is 16.6. The average molecular weight is 161 g/mol. The van der Waals surface area contributed by atoms with Crippen molar-refractivity contribution in [1.82, 2.24) is 0 Å². The first-order chi connectivity index (χ1) is 5.13. The highest BCUT2D eigenvalue weighted by Crippen LogP contribution is 2.08. The van der Waals surface area contributed by atoms with Crippen LogP contribution in [0.4, 0.5) is 0 Å². The van der Waals surface area contributed by atoms with E-state index in [-0.39, 0.29) is 0 Å². The van der Waals surface area contributed by atoms with Crippen LogP contribution < -0.4 is 0 Å². The molecule has 2 atom stereocenters. The van der Waals surface area contributed by atoms with E-state index in [1.165, 1.54) is 0 Å². The minimum atomic E-state index is -0.787. The topological polar surface area (TPSA) is 63.4 Å². The van der Waals surface area contributed by atoms with Gasteiger partial charge in [-0.15, -0.1) is 0 Å². The van der Waals surface area contributed by atoms with Gasteiger partial charge >= 0.3 is 0 Å². The van der Waals surface area contributed by atoms with E-state index in [0.29, 0.717) is 12.8 Å². The second-order valence-electron chi connectivity index (χ2n) is 2.62. The lowest BCUT2D eigenvalue weighted by Gasteiger charge is -2.12. The predicted molar refractivity (Wildman–Crippen MR) is 42.0 cm³/mol. The van der Waals surface area contributed by atoms with Crippen LogP contribution in [0, 0.1) is 10.1 Å². The second-order valence-corrected chi connectivity index (χ2v) is 2.62. The third-order valence-corrected chi connectivity index (χ3v) is 1.72. The molecule has 0 aliphatic heterocycles. The van der Waals surface area contributed by atoms with Gasteiger partial charge in [0, 0.05) is 11.3 Å². The number of nitrogens with zero attached hydrogens (tertiary/aromatic N) is 1. The van der Waals surface area contributed by atoms with E-state index >= 15 is 0 Å². The standard InChI is InChI=1S/C7H15NO3/c1-3-5-6(8(10)11)7(9)4-2/h6-7,9H,3-5H2,1-2H3/t6-,7+/m0/s1. The van der Waals surface area contributed by atoms with E-state index < -0.39 is 17.1 Å². The van der Waals surface area contributed by atoms with Crippen molar-refractivity contribution in [1.29, 1.82) is 0 Å². The Labute approximate surface area is 66.4 Å². The molecule has 0 aromatic heterocycles. The highest BCUT2D eigenvalue weighted by molar-refractivity contribution is 4.65. The van der Waals surface area contributed by atoms with Gasteiger partial charge < -0.3 is 5.11 Å². The second kappa shape index (κ2) is 5.07. The highest BCUT2D eigenvalue weighted by Gasteiger charge is 2.26. The molecule has 0 aliphatic carbocycles. The summed E-state index contributed by atoms with van der Waals surface area (Å²) in [6.45, 7) is 3.62. The minimum Gasteiger partial charge on any atom is -0.386 e. The molecule has 0 heterocycles. The third-order valence-electron chi connectivity index (χ3n) is 1.72. The smallest absolute Gasteiger partial charge is 0.238 e. The number of aliphatic hydroxyl groups is 1. The summed E-state index contributed by atoms with van der Waals surface area (Å²) >= 11 is 0. The zero-order chi connectivity index (χ0) is 8.85. The molecule has 0 rings (SSSR count). The molecule has 66 valence electrons. The Morgan fingerprint density at radius 1 is 1.55 bits per heavy atom. The molecule has 0 radical (unpaired) electrons. The minimum absolute atomic E-state index is 0.391. The van der Waals surface area contributed by atoms with E-state index in [0.717, 1.165) is 6.42 Å². The maximum atomic E-state index is 10.3. The van der Waals surface area contributed by atoms with Gasteiger partial charge in [-0.25, -0.2) is 0 Å². The zero-order valence-electron chi connectivity index (χ0n) is 6.99. The molecule has 0 amide bonds. The van der Waals surface area contributed by atoms with E-state index in [1.807, 2.05) is 6.92 Å². The van der Waals surface area contributed by atoms with Crippen molar-refractivity contribution < 1.29 is 10.0 Å². The van der Waals surface area contributed by atoms with Crippen LogP contribution in [0.25, 0.3) is 0 Å². The number of nitro groups is 1. The van der Waals surface area contributed by atoms with Gasteiger partial charge in [-0.05, 0) is 12.8 Å². The van der Waals surface area contributed by atoms with Crippen molar-refractivity contribution in [2.75, 3.05) is 0 Å². The molecule has 0 fully saturated rings. The molecular formula is C7H15NO3. The Morgan fingerprint density at radius 2 is 2.09 bits per heavy atom. The molecule has 0 aromatic rings. The molecule has 0 saturated heterocycles. The van der Waals surface area contributed by atoms with E-state index in [1.54, 1.807) is 6.92 Å². The lowest BCUT2D eigenvalue weighted by atomic mass is 10.1. The van der Waals surface area contributed by atoms with Crippen LogP contribution in [0.5, 0.6) is 0 Å². The summed E-state index contributed by atoms with van der Waals surface area (Å²) in [6, 6.07) is -0.773. The maximum Gasteiger partial charge on any atom is 0.238 e. The molecule has 0 unspecified atom stereocenters. The molecule has 4 nitrogen and oxygen atoms in total. The first-order valence-corrected chi connectivity index (χ1v) is 3.95. The van der Waals surface area contributed by atoms with Gasteiger partial charge in [0.15, 0.2) is 0 Å². The lowest BCUT2D eigenvalue weighted by molar-refractivity contribution is -0.535. The summed E-state index contributed by atoms with van der Waals surface area (Å²) in [5.74, 6) is 0. The third kappa shape index (κ3) is 3.32. The van der Waals surface area contributed by atoms with Crippen molar-refractivity contribution in [2.45, 2.75) is 45.3 Å².